The predicted octanol–water partition coefficient (Wildman–Crippen LogP) is 2.04. The molecule has 0 bridgehead atoms. The molecule has 14 heavy (non-hydrogen) atoms. The Kier molecular flexibility index (Phi) is 2.92. The number of hydrogen-bond acceptors (Lipinski definition) is 3. The molecule has 0 saturated heterocycles. The highest BCUT2D eigenvalue weighted by Gasteiger charge is 2.21. The Hall–Kier alpha value is -1.77. The van der Waals surface area contributed by atoms with Gasteiger partial charge >= 0.3 is 0 Å². The van der Waals surface area contributed by atoms with Crippen LogP contribution < -0.4 is 4.74 Å². The summed E-state index contributed by atoms with van der Waals surface area (Å²) in [6.07, 6.45) is -3.07. The topological polar surface area (TPSA) is 45.9 Å². The van der Waals surface area contributed by atoms with Crippen LogP contribution in [0.25, 0.3) is 0 Å². The van der Waals surface area contributed by atoms with Crippen LogP contribution in [0.15, 0.2) is 6.07 Å². The largest absolute Gasteiger partial charge is 0.481 e. The molecule has 0 aliphatic rings. The van der Waals surface area contributed by atoms with Crippen molar-refractivity contribution < 1.29 is 17.9 Å². The van der Waals surface area contributed by atoms with E-state index in [4.69, 9.17) is 5.26 Å². The SMILES string of the molecule is COc1cc(C#N)c(C(F)F)c(F)n1. The van der Waals surface area contributed by atoms with Crippen LogP contribution in [0.2, 0.25) is 0 Å². The Morgan fingerprint density at radius 1 is 1.57 bits per heavy atom. The van der Waals surface area contributed by atoms with Crippen LogP contribution in [0.5, 0.6) is 5.88 Å². The Labute approximate surface area is 77.7 Å². The Bertz CT molecular complexity index is 387. The summed E-state index contributed by atoms with van der Waals surface area (Å²) in [4.78, 5) is 3.10. The van der Waals surface area contributed by atoms with Crippen molar-refractivity contribution >= 4 is 0 Å². The zero-order valence-corrected chi connectivity index (χ0v) is 7.09. The van der Waals surface area contributed by atoms with Crippen molar-refractivity contribution in [2.75, 3.05) is 7.11 Å². The highest BCUT2D eigenvalue weighted by Crippen LogP contribution is 2.26. The first-order chi connectivity index (χ1) is 6.60. The minimum atomic E-state index is -3.07. The van der Waals surface area contributed by atoms with E-state index in [-0.39, 0.29) is 5.88 Å². The van der Waals surface area contributed by atoms with Gasteiger partial charge in [-0.05, 0) is 0 Å². The summed E-state index contributed by atoms with van der Waals surface area (Å²) in [5, 5.41) is 8.48. The standard InChI is InChI=1S/C8H5F3N2O/c1-14-5-2-4(3-12)6(7(9)10)8(11)13-5/h2,7H,1H3. The third kappa shape index (κ3) is 1.76. The van der Waals surface area contributed by atoms with Gasteiger partial charge in [0.15, 0.2) is 0 Å². The van der Waals surface area contributed by atoms with E-state index in [2.05, 4.69) is 9.72 Å². The summed E-state index contributed by atoms with van der Waals surface area (Å²) in [7, 11) is 1.20. The van der Waals surface area contributed by atoms with Gasteiger partial charge in [-0.15, -0.1) is 0 Å². The Morgan fingerprint density at radius 2 is 2.21 bits per heavy atom. The van der Waals surface area contributed by atoms with Crippen LogP contribution in [0.3, 0.4) is 0 Å². The molecule has 0 aromatic carbocycles. The number of alkyl halides is 2. The molecule has 0 spiro atoms. The third-order valence-electron chi connectivity index (χ3n) is 1.54. The van der Waals surface area contributed by atoms with Gasteiger partial charge in [0.05, 0.1) is 24.3 Å². The van der Waals surface area contributed by atoms with Crippen LogP contribution in [0.1, 0.15) is 17.6 Å². The van der Waals surface area contributed by atoms with E-state index in [0.29, 0.717) is 0 Å². The van der Waals surface area contributed by atoms with Crippen molar-refractivity contribution in [1.29, 1.82) is 5.26 Å². The average Bonchev–Trinajstić information content (AvgIpc) is 2.15. The van der Waals surface area contributed by atoms with Crippen molar-refractivity contribution in [2.24, 2.45) is 0 Å². The maximum absolute atomic E-state index is 12.9. The van der Waals surface area contributed by atoms with Crippen LogP contribution in [0, 0.1) is 17.3 Å². The zero-order valence-electron chi connectivity index (χ0n) is 7.09. The molecule has 0 radical (unpaired) electrons. The van der Waals surface area contributed by atoms with E-state index in [9.17, 15) is 13.2 Å². The van der Waals surface area contributed by atoms with Crippen molar-refractivity contribution in [3.05, 3.63) is 23.1 Å². The lowest BCUT2D eigenvalue weighted by molar-refractivity contribution is 0.144. The molecule has 0 amide bonds. The molecular weight excluding hydrogens is 197 g/mol. The van der Waals surface area contributed by atoms with E-state index in [1.165, 1.54) is 13.2 Å². The Balaban J connectivity index is 3.37. The summed E-state index contributed by atoms with van der Waals surface area (Å²) in [6.45, 7) is 0. The quantitative estimate of drug-likeness (QED) is 0.689. The van der Waals surface area contributed by atoms with Gasteiger partial charge in [-0.25, -0.2) is 8.78 Å². The fraction of sp³-hybridized carbons (Fsp3) is 0.250. The summed E-state index contributed by atoms with van der Waals surface area (Å²) in [5.41, 5.74) is -1.46. The summed E-state index contributed by atoms with van der Waals surface area (Å²) >= 11 is 0. The van der Waals surface area contributed by atoms with E-state index < -0.39 is 23.5 Å². The molecule has 0 N–H and O–H groups in total. The molecule has 74 valence electrons. The van der Waals surface area contributed by atoms with Gasteiger partial charge in [-0.3, -0.25) is 0 Å². The highest BCUT2D eigenvalue weighted by molar-refractivity contribution is 5.40. The molecule has 1 aromatic rings. The maximum Gasteiger partial charge on any atom is 0.269 e. The van der Waals surface area contributed by atoms with Gasteiger partial charge in [-0.2, -0.15) is 14.6 Å². The summed E-state index contributed by atoms with van der Waals surface area (Å²) < 4.78 is 41.9. The third-order valence-corrected chi connectivity index (χ3v) is 1.54. The molecule has 3 nitrogen and oxygen atoms in total. The molecule has 1 heterocycles. The number of hydrogen-bond donors (Lipinski definition) is 0. The number of methoxy groups -OCH3 is 1. The molecule has 0 saturated carbocycles. The summed E-state index contributed by atoms with van der Waals surface area (Å²) in [6, 6.07) is 2.42. The second-order valence-corrected chi connectivity index (χ2v) is 2.33. The summed E-state index contributed by atoms with van der Waals surface area (Å²) in [5.74, 6) is -1.58. The molecule has 0 fully saturated rings. The minimum absolute atomic E-state index is 0.205. The van der Waals surface area contributed by atoms with Gasteiger partial charge in [0, 0.05) is 6.07 Å². The first kappa shape index (κ1) is 10.3. The van der Waals surface area contributed by atoms with Gasteiger partial charge in [0.25, 0.3) is 6.43 Å². The number of pyridine rings is 1. The zero-order chi connectivity index (χ0) is 10.7. The van der Waals surface area contributed by atoms with E-state index >= 15 is 0 Å². The van der Waals surface area contributed by atoms with Crippen LogP contribution in [-0.2, 0) is 0 Å². The van der Waals surface area contributed by atoms with Crippen molar-refractivity contribution in [3.63, 3.8) is 0 Å². The number of rotatable bonds is 2. The van der Waals surface area contributed by atoms with Gasteiger partial charge in [-0.1, -0.05) is 0 Å². The molecule has 0 aliphatic heterocycles. The average molecular weight is 202 g/mol. The minimum Gasteiger partial charge on any atom is -0.481 e. The molecule has 1 aromatic heterocycles. The fourth-order valence-corrected chi connectivity index (χ4v) is 0.906. The monoisotopic (exact) mass is 202 g/mol. The van der Waals surface area contributed by atoms with E-state index in [1.807, 2.05) is 0 Å². The smallest absolute Gasteiger partial charge is 0.269 e. The van der Waals surface area contributed by atoms with Crippen molar-refractivity contribution in [2.45, 2.75) is 6.43 Å². The lowest BCUT2D eigenvalue weighted by atomic mass is 10.1. The highest BCUT2D eigenvalue weighted by atomic mass is 19.3. The second-order valence-electron chi connectivity index (χ2n) is 2.33. The predicted molar refractivity (Wildman–Crippen MR) is 40.4 cm³/mol. The lowest BCUT2D eigenvalue weighted by Crippen LogP contribution is -2.01. The number of aromatic nitrogens is 1. The lowest BCUT2D eigenvalue weighted by Gasteiger charge is -2.05. The van der Waals surface area contributed by atoms with Crippen molar-refractivity contribution in [1.82, 2.24) is 4.98 Å². The van der Waals surface area contributed by atoms with Crippen LogP contribution in [0.4, 0.5) is 13.2 Å². The maximum atomic E-state index is 12.9. The van der Waals surface area contributed by atoms with E-state index in [1.54, 1.807) is 0 Å². The van der Waals surface area contributed by atoms with Crippen molar-refractivity contribution in [3.8, 4) is 11.9 Å². The molecule has 1 rings (SSSR count). The molecule has 0 unspecified atom stereocenters. The molecular formula is C8H5F3N2O. The number of nitriles is 1. The van der Waals surface area contributed by atoms with Gasteiger partial charge in [0.1, 0.15) is 0 Å². The normalized spacial score (nSPS) is 10.0. The van der Waals surface area contributed by atoms with Gasteiger partial charge < -0.3 is 4.74 Å². The second kappa shape index (κ2) is 3.96. The van der Waals surface area contributed by atoms with E-state index in [0.717, 1.165) is 6.07 Å². The number of halogens is 3. The molecule has 6 heteroatoms. The number of ether oxygens (including phenoxy) is 1. The van der Waals surface area contributed by atoms with Gasteiger partial charge in [0.2, 0.25) is 11.8 Å². The molecule has 0 atom stereocenters. The molecule has 0 aliphatic carbocycles. The fourth-order valence-electron chi connectivity index (χ4n) is 0.906. The van der Waals surface area contributed by atoms with Crippen LogP contribution in [-0.4, -0.2) is 12.1 Å². The Morgan fingerprint density at radius 3 is 2.64 bits per heavy atom. The number of nitrogens with zero attached hydrogens (tertiary/aromatic N) is 2. The first-order valence-electron chi connectivity index (χ1n) is 3.52. The first-order valence-corrected chi connectivity index (χ1v) is 3.52. The van der Waals surface area contributed by atoms with Crippen LogP contribution >= 0.6 is 0 Å².